The van der Waals surface area contributed by atoms with Crippen molar-refractivity contribution >= 4 is 0 Å². The van der Waals surface area contributed by atoms with E-state index in [1.165, 1.54) is 6.07 Å². The second-order valence-electron chi connectivity index (χ2n) is 5.86. The summed E-state index contributed by atoms with van der Waals surface area (Å²) in [6.45, 7) is 9.12. The fourth-order valence-corrected chi connectivity index (χ4v) is 1.81. The molecule has 0 unspecified atom stereocenters. The third kappa shape index (κ3) is 6.12. The number of benzene rings is 1. The van der Waals surface area contributed by atoms with Gasteiger partial charge in [-0.1, -0.05) is 18.2 Å². The minimum absolute atomic E-state index is 0.114. The van der Waals surface area contributed by atoms with Gasteiger partial charge in [0.1, 0.15) is 5.82 Å². The van der Waals surface area contributed by atoms with Gasteiger partial charge in [0.15, 0.2) is 0 Å². The van der Waals surface area contributed by atoms with Crippen LogP contribution < -0.4 is 5.32 Å². The summed E-state index contributed by atoms with van der Waals surface area (Å²) in [4.78, 5) is 2.16. The van der Waals surface area contributed by atoms with Crippen LogP contribution in [0.2, 0.25) is 0 Å². The molecule has 0 bridgehead atoms. The zero-order chi connectivity index (χ0) is 13.6. The Hall–Kier alpha value is -0.930. The maximum Gasteiger partial charge on any atom is 0.127 e. The van der Waals surface area contributed by atoms with Gasteiger partial charge in [-0.2, -0.15) is 0 Å². The van der Waals surface area contributed by atoms with Crippen molar-refractivity contribution in [1.82, 2.24) is 10.2 Å². The molecule has 0 saturated carbocycles. The molecule has 2 nitrogen and oxygen atoms in total. The van der Waals surface area contributed by atoms with Crippen LogP contribution in [-0.4, -0.2) is 30.6 Å². The number of hydrogen-bond acceptors (Lipinski definition) is 2. The van der Waals surface area contributed by atoms with Crippen molar-refractivity contribution in [2.45, 2.75) is 39.3 Å². The second-order valence-corrected chi connectivity index (χ2v) is 5.86. The lowest BCUT2D eigenvalue weighted by atomic mass is 10.1. The van der Waals surface area contributed by atoms with E-state index in [0.717, 1.165) is 25.1 Å². The molecule has 0 spiro atoms. The zero-order valence-electron chi connectivity index (χ0n) is 12.0. The summed E-state index contributed by atoms with van der Waals surface area (Å²) in [5.41, 5.74) is 0.938. The van der Waals surface area contributed by atoms with Crippen molar-refractivity contribution in [2.24, 2.45) is 0 Å². The van der Waals surface area contributed by atoms with Crippen molar-refractivity contribution in [3.8, 4) is 0 Å². The predicted molar refractivity (Wildman–Crippen MR) is 75.1 cm³/mol. The Morgan fingerprint density at radius 1 is 1.22 bits per heavy atom. The zero-order valence-corrected chi connectivity index (χ0v) is 12.0. The van der Waals surface area contributed by atoms with Gasteiger partial charge in [0.05, 0.1) is 0 Å². The molecule has 0 saturated heterocycles. The van der Waals surface area contributed by atoms with Crippen LogP contribution in [0.4, 0.5) is 4.39 Å². The van der Waals surface area contributed by atoms with Crippen molar-refractivity contribution in [3.05, 3.63) is 35.6 Å². The van der Waals surface area contributed by atoms with Crippen LogP contribution in [0.25, 0.3) is 0 Å². The summed E-state index contributed by atoms with van der Waals surface area (Å²) in [5.74, 6) is -0.114. The van der Waals surface area contributed by atoms with Crippen molar-refractivity contribution in [1.29, 1.82) is 0 Å². The largest absolute Gasteiger partial charge is 0.312 e. The lowest BCUT2D eigenvalue weighted by Gasteiger charge is -2.22. The number of rotatable bonds is 6. The molecule has 0 heterocycles. The molecule has 0 atom stereocenters. The van der Waals surface area contributed by atoms with E-state index in [1.54, 1.807) is 6.07 Å². The second kappa shape index (κ2) is 6.86. The molecule has 0 amide bonds. The van der Waals surface area contributed by atoms with Gasteiger partial charge in [-0.25, -0.2) is 4.39 Å². The SMILES string of the molecule is CN(CCCNC(C)(C)C)Cc1ccccc1F. The summed E-state index contributed by atoms with van der Waals surface area (Å²) in [6, 6.07) is 6.98. The number of nitrogens with zero attached hydrogens (tertiary/aromatic N) is 1. The average molecular weight is 252 g/mol. The average Bonchev–Trinajstić information content (AvgIpc) is 2.26. The maximum absolute atomic E-state index is 13.5. The first-order chi connectivity index (χ1) is 8.38. The normalized spacial score (nSPS) is 12.1. The molecule has 0 radical (unpaired) electrons. The fourth-order valence-electron chi connectivity index (χ4n) is 1.81. The molecule has 1 aromatic carbocycles. The monoisotopic (exact) mass is 252 g/mol. The Labute approximate surface area is 110 Å². The molecular formula is C15H25FN2. The molecule has 3 heteroatoms. The smallest absolute Gasteiger partial charge is 0.127 e. The Bertz CT molecular complexity index is 358. The van der Waals surface area contributed by atoms with E-state index in [0.29, 0.717) is 6.54 Å². The van der Waals surface area contributed by atoms with Gasteiger partial charge in [-0.15, -0.1) is 0 Å². The summed E-state index contributed by atoms with van der Waals surface area (Å²) < 4.78 is 13.5. The van der Waals surface area contributed by atoms with Crippen LogP contribution in [0.1, 0.15) is 32.8 Å². The van der Waals surface area contributed by atoms with Gasteiger partial charge in [-0.05, 0) is 53.4 Å². The highest BCUT2D eigenvalue weighted by molar-refractivity contribution is 5.16. The molecule has 1 rings (SSSR count). The minimum Gasteiger partial charge on any atom is -0.312 e. The summed E-state index contributed by atoms with van der Waals surface area (Å²) >= 11 is 0. The van der Waals surface area contributed by atoms with Crippen molar-refractivity contribution in [2.75, 3.05) is 20.1 Å². The van der Waals surface area contributed by atoms with Crippen molar-refractivity contribution in [3.63, 3.8) is 0 Å². The predicted octanol–water partition coefficient (Wildman–Crippen LogP) is 3.04. The molecule has 1 aromatic rings. The Balaban J connectivity index is 2.26. The molecule has 0 aliphatic rings. The van der Waals surface area contributed by atoms with E-state index in [2.05, 4.69) is 31.0 Å². The van der Waals surface area contributed by atoms with E-state index in [4.69, 9.17) is 0 Å². The molecular weight excluding hydrogens is 227 g/mol. The summed E-state index contributed by atoms with van der Waals surface area (Å²) in [5, 5.41) is 3.45. The standard InChI is InChI=1S/C15H25FN2/c1-15(2,3)17-10-7-11-18(4)12-13-8-5-6-9-14(13)16/h5-6,8-9,17H,7,10-12H2,1-4H3. The molecule has 0 aliphatic carbocycles. The van der Waals surface area contributed by atoms with Crippen LogP contribution in [-0.2, 0) is 6.54 Å². The van der Waals surface area contributed by atoms with E-state index in [9.17, 15) is 4.39 Å². The van der Waals surface area contributed by atoms with Crippen LogP contribution in [0.3, 0.4) is 0 Å². The Kier molecular flexibility index (Phi) is 5.76. The number of nitrogens with one attached hydrogen (secondary N) is 1. The van der Waals surface area contributed by atoms with Crippen LogP contribution >= 0.6 is 0 Å². The van der Waals surface area contributed by atoms with Gasteiger partial charge in [0, 0.05) is 17.6 Å². The van der Waals surface area contributed by atoms with E-state index >= 15 is 0 Å². The van der Waals surface area contributed by atoms with Crippen LogP contribution in [0.5, 0.6) is 0 Å². The Morgan fingerprint density at radius 2 is 1.89 bits per heavy atom. The Morgan fingerprint density at radius 3 is 2.50 bits per heavy atom. The summed E-state index contributed by atoms with van der Waals surface area (Å²) in [6.07, 6.45) is 1.07. The lowest BCUT2D eigenvalue weighted by molar-refractivity contribution is 0.306. The maximum atomic E-state index is 13.5. The van der Waals surface area contributed by atoms with E-state index < -0.39 is 0 Å². The van der Waals surface area contributed by atoms with E-state index in [1.807, 2.05) is 19.2 Å². The third-order valence-electron chi connectivity index (χ3n) is 2.77. The molecule has 1 N–H and O–H groups in total. The summed E-state index contributed by atoms with van der Waals surface area (Å²) in [7, 11) is 2.03. The van der Waals surface area contributed by atoms with Crippen LogP contribution in [0, 0.1) is 5.82 Å². The molecule has 102 valence electrons. The van der Waals surface area contributed by atoms with Gasteiger partial charge in [-0.3, -0.25) is 0 Å². The molecule has 0 aromatic heterocycles. The van der Waals surface area contributed by atoms with Crippen molar-refractivity contribution < 1.29 is 4.39 Å². The molecule has 0 fully saturated rings. The molecule has 18 heavy (non-hydrogen) atoms. The quantitative estimate of drug-likeness (QED) is 0.783. The van der Waals surface area contributed by atoms with Gasteiger partial charge >= 0.3 is 0 Å². The van der Waals surface area contributed by atoms with Crippen LogP contribution in [0.15, 0.2) is 24.3 Å². The first kappa shape index (κ1) is 15.1. The lowest BCUT2D eigenvalue weighted by Crippen LogP contribution is -2.37. The van der Waals surface area contributed by atoms with E-state index in [-0.39, 0.29) is 11.4 Å². The van der Waals surface area contributed by atoms with Gasteiger partial charge in [0.25, 0.3) is 0 Å². The first-order valence-electron chi connectivity index (χ1n) is 6.55. The fraction of sp³-hybridized carbons (Fsp3) is 0.600. The van der Waals surface area contributed by atoms with Gasteiger partial charge in [0.2, 0.25) is 0 Å². The first-order valence-corrected chi connectivity index (χ1v) is 6.55. The number of hydrogen-bond donors (Lipinski definition) is 1. The highest BCUT2D eigenvalue weighted by Crippen LogP contribution is 2.09. The highest BCUT2D eigenvalue weighted by atomic mass is 19.1. The topological polar surface area (TPSA) is 15.3 Å². The highest BCUT2D eigenvalue weighted by Gasteiger charge is 2.08. The third-order valence-corrected chi connectivity index (χ3v) is 2.77. The number of halogens is 1. The molecule has 0 aliphatic heterocycles. The minimum atomic E-state index is -0.114. The van der Waals surface area contributed by atoms with Gasteiger partial charge < -0.3 is 10.2 Å².